The molecule has 0 aromatic carbocycles. The number of aryl methyl sites for hydroxylation is 1. The maximum atomic E-state index is 11.4. The average Bonchev–Trinajstić information content (AvgIpc) is 2.28. The number of rotatable bonds is 4. The van der Waals surface area contributed by atoms with Crippen LogP contribution in [0.25, 0.3) is 0 Å². The summed E-state index contributed by atoms with van der Waals surface area (Å²) in [6, 6.07) is 0. The molecule has 16 heavy (non-hydrogen) atoms. The van der Waals surface area contributed by atoms with E-state index in [-0.39, 0.29) is 0 Å². The molecule has 1 heterocycles. The molecular weight excluding hydrogens is 210 g/mol. The van der Waals surface area contributed by atoms with Crippen molar-refractivity contribution in [3.05, 3.63) is 18.2 Å². The zero-order chi connectivity index (χ0) is 12.1. The van der Waals surface area contributed by atoms with Crippen LogP contribution in [0, 0.1) is 5.92 Å². The first kappa shape index (κ1) is 12.1. The molecule has 1 rings (SSSR count). The molecule has 1 aromatic heterocycles. The summed E-state index contributed by atoms with van der Waals surface area (Å²) in [6.07, 6.45) is 3.62. The van der Waals surface area contributed by atoms with Gasteiger partial charge >= 0.3 is 5.97 Å². The predicted molar refractivity (Wildman–Crippen MR) is 56.8 cm³/mol. The summed E-state index contributed by atoms with van der Waals surface area (Å²) < 4.78 is 0. The number of carboxylic acid groups (broad SMARTS) is 1. The highest BCUT2D eigenvalue weighted by molar-refractivity contribution is 6.03. The van der Waals surface area contributed by atoms with E-state index in [1.54, 1.807) is 0 Å². The number of aliphatic carboxylic acids is 1. The van der Waals surface area contributed by atoms with Gasteiger partial charge in [-0.1, -0.05) is 6.92 Å². The van der Waals surface area contributed by atoms with Crippen LogP contribution in [0.5, 0.6) is 0 Å². The van der Waals surface area contributed by atoms with Gasteiger partial charge in [-0.15, -0.1) is 0 Å². The van der Waals surface area contributed by atoms with Crippen LogP contribution in [-0.2, 0) is 16.0 Å². The van der Waals surface area contributed by atoms with E-state index in [9.17, 15) is 9.59 Å². The molecular formula is C10H13N3O3. The highest BCUT2D eigenvalue weighted by Crippen LogP contribution is 2.06. The second-order valence-corrected chi connectivity index (χ2v) is 3.29. The fourth-order valence-electron chi connectivity index (χ4n) is 0.965. The van der Waals surface area contributed by atoms with Crippen LogP contribution in [0.2, 0.25) is 0 Å². The van der Waals surface area contributed by atoms with Crippen molar-refractivity contribution in [1.29, 1.82) is 0 Å². The van der Waals surface area contributed by atoms with Gasteiger partial charge in [-0.05, 0) is 6.92 Å². The normalized spacial score (nSPS) is 11.9. The van der Waals surface area contributed by atoms with Crippen molar-refractivity contribution in [3.63, 3.8) is 0 Å². The topological polar surface area (TPSA) is 92.2 Å². The number of aromatic nitrogens is 2. The van der Waals surface area contributed by atoms with E-state index in [0.717, 1.165) is 0 Å². The van der Waals surface area contributed by atoms with Gasteiger partial charge in [0.25, 0.3) is 0 Å². The first-order valence-corrected chi connectivity index (χ1v) is 4.89. The number of nitrogens with zero attached hydrogens (tertiary/aromatic N) is 2. The number of hydrogen-bond acceptors (Lipinski definition) is 4. The van der Waals surface area contributed by atoms with Crippen LogP contribution in [0.1, 0.15) is 19.7 Å². The summed E-state index contributed by atoms with van der Waals surface area (Å²) in [5, 5.41) is 11.1. The van der Waals surface area contributed by atoms with E-state index in [1.165, 1.54) is 19.3 Å². The third kappa shape index (κ3) is 3.01. The lowest BCUT2D eigenvalue weighted by Crippen LogP contribution is -2.27. The lowest BCUT2D eigenvalue weighted by atomic mass is 10.2. The number of nitrogens with one attached hydrogen (secondary N) is 1. The van der Waals surface area contributed by atoms with E-state index in [2.05, 4.69) is 15.3 Å². The standard InChI is InChI=1S/C10H13N3O3/c1-3-8-11-4-7(5-12-8)13-9(14)6(2)10(15)16/h4-6H,3H2,1-2H3,(H,13,14)(H,15,16). The second kappa shape index (κ2) is 5.20. The molecule has 86 valence electrons. The van der Waals surface area contributed by atoms with Gasteiger partial charge in [0.05, 0.1) is 18.1 Å². The Hall–Kier alpha value is -1.98. The fourth-order valence-corrected chi connectivity index (χ4v) is 0.965. The third-order valence-electron chi connectivity index (χ3n) is 2.05. The molecule has 6 heteroatoms. The van der Waals surface area contributed by atoms with Gasteiger partial charge in [-0.3, -0.25) is 9.59 Å². The van der Waals surface area contributed by atoms with E-state index in [4.69, 9.17) is 5.11 Å². The minimum Gasteiger partial charge on any atom is -0.481 e. The van der Waals surface area contributed by atoms with Crippen molar-refractivity contribution < 1.29 is 14.7 Å². The largest absolute Gasteiger partial charge is 0.481 e. The van der Waals surface area contributed by atoms with Gasteiger partial charge in [0.1, 0.15) is 11.7 Å². The summed E-state index contributed by atoms with van der Waals surface area (Å²) in [5.74, 6) is -2.17. The van der Waals surface area contributed by atoms with Crippen molar-refractivity contribution in [1.82, 2.24) is 9.97 Å². The van der Waals surface area contributed by atoms with Gasteiger partial charge in [-0.2, -0.15) is 0 Å². The maximum Gasteiger partial charge on any atom is 0.315 e. The summed E-state index contributed by atoms with van der Waals surface area (Å²) in [4.78, 5) is 29.9. The zero-order valence-electron chi connectivity index (χ0n) is 9.10. The van der Waals surface area contributed by atoms with Crippen LogP contribution < -0.4 is 5.32 Å². The summed E-state index contributed by atoms with van der Waals surface area (Å²) >= 11 is 0. The van der Waals surface area contributed by atoms with Crippen LogP contribution in [0.15, 0.2) is 12.4 Å². The van der Waals surface area contributed by atoms with Crippen molar-refractivity contribution >= 4 is 17.6 Å². The molecule has 0 radical (unpaired) electrons. The van der Waals surface area contributed by atoms with Crippen molar-refractivity contribution in [2.24, 2.45) is 5.92 Å². The van der Waals surface area contributed by atoms with E-state index in [1.807, 2.05) is 6.92 Å². The van der Waals surface area contributed by atoms with E-state index in [0.29, 0.717) is 17.9 Å². The molecule has 6 nitrogen and oxygen atoms in total. The molecule has 0 saturated carbocycles. The minimum absolute atomic E-state index is 0.398. The SMILES string of the molecule is CCc1ncc(NC(=O)C(C)C(=O)O)cn1. The molecule has 0 saturated heterocycles. The van der Waals surface area contributed by atoms with Crippen LogP contribution in [-0.4, -0.2) is 27.0 Å². The molecule has 0 aliphatic carbocycles. The Kier molecular flexibility index (Phi) is 3.93. The Balaban J connectivity index is 2.66. The molecule has 1 unspecified atom stereocenters. The Morgan fingerprint density at radius 3 is 2.44 bits per heavy atom. The first-order chi connectivity index (χ1) is 7.54. The highest BCUT2D eigenvalue weighted by atomic mass is 16.4. The quantitative estimate of drug-likeness (QED) is 0.733. The summed E-state index contributed by atoms with van der Waals surface area (Å²) in [6.45, 7) is 3.24. The summed E-state index contributed by atoms with van der Waals surface area (Å²) in [7, 11) is 0. The number of amides is 1. The van der Waals surface area contributed by atoms with Gasteiger partial charge in [0, 0.05) is 6.42 Å². The lowest BCUT2D eigenvalue weighted by Gasteiger charge is -2.07. The summed E-state index contributed by atoms with van der Waals surface area (Å²) in [5.41, 5.74) is 0.398. The first-order valence-electron chi connectivity index (χ1n) is 4.89. The number of carbonyl (C=O) groups is 2. The Labute approximate surface area is 92.7 Å². The Morgan fingerprint density at radius 2 is 2.00 bits per heavy atom. The minimum atomic E-state index is -1.16. The molecule has 0 aliphatic rings. The van der Waals surface area contributed by atoms with Gasteiger partial charge < -0.3 is 10.4 Å². The van der Waals surface area contributed by atoms with Crippen molar-refractivity contribution in [2.45, 2.75) is 20.3 Å². The molecule has 1 amide bonds. The average molecular weight is 223 g/mol. The smallest absolute Gasteiger partial charge is 0.315 e. The monoisotopic (exact) mass is 223 g/mol. The fraction of sp³-hybridized carbons (Fsp3) is 0.400. The van der Waals surface area contributed by atoms with Crippen LogP contribution >= 0.6 is 0 Å². The Bertz CT molecular complexity index is 389. The van der Waals surface area contributed by atoms with Crippen molar-refractivity contribution in [2.75, 3.05) is 5.32 Å². The lowest BCUT2D eigenvalue weighted by molar-refractivity contribution is -0.144. The number of carbonyl (C=O) groups excluding carboxylic acids is 1. The number of carboxylic acids is 1. The molecule has 1 aromatic rings. The molecule has 2 N–H and O–H groups in total. The molecule has 0 spiro atoms. The predicted octanol–water partition coefficient (Wildman–Crippen LogP) is 0.698. The van der Waals surface area contributed by atoms with Gasteiger partial charge in [-0.25, -0.2) is 9.97 Å². The zero-order valence-corrected chi connectivity index (χ0v) is 9.10. The highest BCUT2D eigenvalue weighted by Gasteiger charge is 2.20. The molecule has 0 aliphatic heterocycles. The number of anilines is 1. The van der Waals surface area contributed by atoms with Crippen LogP contribution in [0.3, 0.4) is 0 Å². The molecule has 1 atom stereocenters. The maximum absolute atomic E-state index is 11.4. The van der Waals surface area contributed by atoms with E-state index >= 15 is 0 Å². The molecule has 0 fully saturated rings. The van der Waals surface area contributed by atoms with Crippen molar-refractivity contribution in [3.8, 4) is 0 Å². The van der Waals surface area contributed by atoms with E-state index < -0.39 is 17.8 Å². The Morgan fingerprint density at radius 1 is 1.44 bits per heavy atom. The number of hydrogen-bond donors (Lipinski definition) is 2. The third-order valence-corrected chi connectivity index (χ3v) is 2.05. The molecule has 0 bridgehead atoms. The van der Waals surface area contributed by atoms with Gasteiger partial charge in [0.15, 0.2) is 0 Å². The van der Waals surface area contributed by atoms with Gasteiger partial charge in [0.2, 0.25) is 5.91 Å². The second-order valence-electron chi connectivity index (χ2n) is 3.29. The van der Waals surface area contributed by atoms with Crippen LogP contribution in [0.4, 0.5) is 5.69 Å².